The lowest BCUT2D eigenvalue weighted by atomic mass is 10.7. The van der Waals surface area contributed by atoms with E-state index in [2.05, 4.69) is 12.3 Å². The molecule has 0 radical (unpaired) electrons. The minimum Gasteiger partial charge on any atom is -0.756 e. The average molecular weight is 155 g/mol. The molecule has 9 heavy (non-hydrogen) atoms. The Morgan fingerprint density at radius 1 is 1.78 bits per heavy atom. The van der Waals surface area contributed by atoms with Gasteiger partial charge in [-0.05, 0) is 6.08 Å². The Bertz CT molecular complexity index is 100. The molecule has 0 aliphatic heterocycles. The summed E-state index contributed by atoms with van der Waals surface area (Å²) >= 11 is 0. The SMILES string of the molecule is C=CC[NH3+].O=P([O-])(O)O. The molecule has 5 nitrogen and oxygen atoms in total. The molecule has 0 spiro atoms. The van der Waals surface area contributed by atoms with E-state index in [1.807, 2.05) is 0 Å². The van der Waals surface area contributed by atoms with Gasteiger partial charge in [-0.1, -0.05) is 6.58 Å². The van der Waals surface area contributed by atoms with Crippen molar-refractivity contribution >= 4 is 7.82 Å². The average Bonchev–Trinajstić information content (AvgIpc) is 1.61. The monoisotopic (exact) mass is 155 g/mol. The van der Waals surface area contributed by atoms with Crippen LogP contribution in [0.15, 0.2) is 12.7 Å². The number of hydrogen-bond acceptors (Lipinski definition) is 2. The first-order chi connectivity index (χ1) is 3.91. The van der Waals surface area contributed by atoms with E-state index < -0.39 is 7.82 Å². The number of quaternary nitrogens is 1. The summed E-state index contributed by atoms with van der Waals surface area (Å²) in [5, 5.41) is 0. The van der Waals surface area contributed by atoms with Crippen LogP contribution in [0.3, 0.4) is 0 Å². The molecular weight excluding hydrogens is 145 g/mol. The molecule has 0 amide bonds. The fraction of sp³-hybridized carbons (Fsp3) is 0.333. The van der Waals surface area contributed by atoms with E-state index in [1.54, 1.807) is 6.08 Å². The molecule has 0 aliphatic rings. The highest BCUT2D eigenvalue weighted by atomic mass is 31.2. The second-order valence-electron chi connectivity index (χ2n) is 1.07. The van der Waals surface area contributed by atoms with Crippen molar-refractivity contribution in [3.8, 4) is 0 Å². The van der Waals surface area contributed by atoms with Gasteiger partial charge in [-0.3, -0.25) is 4.57 Å². The molecule has 0 aliphatic carbocycles. The van der Waals surface area contributed by atoms with Crippen LogP contribution in [0.2, 0.25) is 0 Å². The maximum Gasteiger partial charge on any atom is 0.262 e. The Morgan fingerprint density at radius 3 is 1.89 bits per heavy atom. The van der Waals surface area contributed by atoms with Crippen LogP contribution in [0.25, 0.3) is 0 Å². The molecule has 5 N–H and O–H groups in total. The Labute approximate surface area is 53.1 Å². The maximum absolute atomic E-state index is 8.77. The zero-order valence-corrected chi connectivity index (χ0v) is 5.75. The van der Waals surface area contributed by atoms with Gasteiger partial charge >= 0.3 is 0 Å². The molecule has 0 aromatic rings. The standard InChI is InChI=1S/C3H7N.H3O4P/c1-2-3-4;1-5(2,3)4/h2H,1,3-4H2;(H3,1,2,3,4). The molecule has 0 bridgehead atoms. The van der Waals surface area contributed by atoms with Gasteiger partial charge in [-0.25, -0.2) is 0 Å². The van der Waals surface area contributed by atoms with E-state index in [1.165, 1.54) is 0 Å². The lowest BCUT2D eigenvalue weighted by Crippen LogP contribution is -2.48. The van der Waals surface area contributed by atoms with Crippen molar-refractivity contribution in [3.05, 3.63) is 12.7 Å². The van der Waals surface area contributed by atoms with E-state index in [0.717, 1.165) is 6.54 Å². The van der Waals surface area contributed by atoms with Gasteiger partial charge < -0.3 is 20.4 Å². The van der Waals surface area contributed by atoms with Gasteiger partial charge in [0.25, 0.3) is 7.82 Å². The molecule has 0 saturated carbocycles. The van der Waals surface area contributed by atoms with Crippen LogP contribution in [0.1, 0.15) is 0 Å². The van der Waals surface area contributed by atoms with Crippen molar-refractivity contribution in [2.45, 2.75) is 0 Å². The largest absolute Gasteiger partial charge is 0.756 e. The van der Waals surface area contributed by atoms with Crippen molar-refractivity contribution in [1.29, 1.82) is 0 Å². The highest BCUT2D eigenvalue weighted by Crippen LogP contribution is 2.18. The summed E-state index contributed by atoms with van der Waals surface area (Å²) < 4.78 is 8.77. The second-order valence-corrected chi connectivity index (χ2v) is 2.05. The van der Waals surface area contributed by atoms with Gasteiger partial charge in [0.2, 0.25) is 0 Å². The molecule has 0 unspecified atom stereocenters. The van der Waals surface area contributed by atoms with Crippen molar-refractivity contribution in [2.75, 3.05) is 6.54 Å². The van der Waals surface area contributed by atoms with Crippen LogP contribution in [0.4, 0.5) is 0 Å². The van der Waals surface area contributed by atoms with Crippen molar-refractivity contribution in [3.63, 3.8) is 0 Å². The predicted molar refractivity (Wildman–Crippen MR) is 30.0 cm³/mol. The summed E-state index contributed by atoms with van der Waals surface area (Å²) in [5.41, 5.74) is 3.49. The normalized spacial score (nSPS) is 9.33. The molecule has 56 valence electrons. The molecule has 0 rings (SSSR count). The van der Waals surface area contributed by atoms with E-state index in [9.17, 15) is 0 Å². The highest BCUT2D eigenvalue weighted by Gasteiger charge is 1.82. The summed E-state index contributed by atoms with van der Waals surface area (Å²) in [6.07, 6.45) is 1.76. The second kappa shape index (κ2) is 5.94. The first-order valence-electron chi connectivity index (χ1n) is 2.08. The fourth-order valence-electron chi connectivity index (χ4n) is 0. The minimum atomic E-state index is -4.89. The Balaban J connectivity index is 0. The van der Waals surface area contributed by atoms with Crippen LogP contribution in [-0.4, -0.2) is 16.3 Å². The first-order valence-corrected chi connectivity index (χ1v) is 3.61. The van der Waals surface area contributed by atoms with Gasteiger partial charge in [0.05, 0.1) is 6.54 Å². The van der Waals surface area contributed by atoms with E-state index in [-0.39, 0.29) is 0 Å². The molecule has 0 aromatic heterocycles. The third kappa shape index (κ3) is 402. The molecule has 0 fully saturated rings. The van der Waals surface area contributed by atoms with Crippen LogP contribution in [0.5, 0.6) is 0 Å². The topological polar surface area (TPSA) is 108 Å². The predicted octanol–water partition coefficient (Wildman–Crippen LogP) is -2.15. The van der Waals surface area contributed by atoms with E-state index in [4.69, 9.17) is 19.2 Å². The smallest absolute Gasteiger partial charge is 0.262 e. The minimum absolute atomic E-state index is 0.833. The maximum atomic E-state index is 8.77. The molecule has 0 heterocycles. The van der Waals surface area contributed by atoms with E-state index in [0.29, 0.717) is 0 Å². The quantitative estimate of drug-likeness (QED) is 0.296. The van der Waals surface area contributed by atoms with Gasteiger partial charge in [-0.2, -0.15) is 0 Å². The summed E-state index contributed by atoms with van der Waals surface area (Å²) in [6.45, 7) is 4.25. The number of phosphoric acid groups is 1. The summed E-state index contributed by atoms with van der Waals surface area (Å²) in [7, 11) is -4.89. The van der Waals surface area contributed by atoms with Gasteiger partial charge in [-0.15, -0.1) is 0 Å². The van der Waals surface area contributed by atoms with Gasteiger partial charge in [0.1, 0.15) is 0 Å². The molecular formula is C3H10NO4P. The molecule has 0 aromatic carbocycles. The Morgan fingerprint density at radius 2 is 1.89 bits per heavy atom. The lowest BCUT2D eigenvalue weighted by Gasteiger charge is -2.01. The van der Waals surface area contributed by atoms with E-state index >= 15 is 0 Å². The third-order valence-electron chi connectivity index (χ3n) is 0.204. The first kappa shape index (κ1) is 11.6. The fourth-order valence-corrected chi connectivity index (χ4v) is 0. The van der Waals surface area contributed by atoms with Crippen LogP contribution < -0.4 is 10.6 Å². The zero-order valence-electron chi connectivity index (χ0n) is 4.86. The van der Waals surface area contributed by atoms with Crippen molar-refractivity contribution in [1.82, 2.24) is 0 Å². The van der Waals surface area contributed by atoms with Crippen molar-refractivity contribution < 1.29 is 25.0 Å². The highest BCUT2D eigenvalue weighted by molar-refractivity contribution is 7.43. The molecule has 6 heteroatoms. The van der Waals surface area contributed by atoms with Crippen molar-refractivity contribution in [2.24, 2.45) is 0 Å². The third-order valence-corrected chi connectivity index (χ3v) is 0.204. The van der Waals surface area contributed by atoms with Crippen LogP contribution >= 0.6 is 7.82 Å². The van der Waals surface area contributed by atoms with Crippen LogP contribution in [-0.2, 0) is 4.57 Å². The van der Waals surface area contributed by atoms with Gasteiger partial charge in [0, 0.05) is 0 Å². The summed E-state index contributed by atoms with van der Waals surface area (Å²) in [4.78, 5) is 22.9. The molecule has 0 saturated heterocycles. The zero-order chi connectivity index (χ0) is 7.91. The Kier molecular flexibility index (Phi) is 7.65. The number of rotatable bonds is 1. The summed E-state index contributed by atoms with van der Waals surface area (Å²) in [5.74, 6) is 0. The molecule has 0 atom stereocenters. The summed E-state index contributed by atoms with van der Waals surface area (Å²) in [6, 6.07) is 0. The van der Waals surface area contributed by atoms with Crippen LogP contribution in [0, 0.1) is 0 Å². The Hall–Kier alpha value is -0.190. The van der Waals surface area contributed by atoms with Gasteiger partial charge in [0.15, 0.2) is 0 Å². The number of hydrogen-bond donors (Lipinski definition) is 3. The lowest BCUT2D eigenvalue weighted by molar-refractivity contribution is -0.352.